The number of hydrogen-bond donors (Lipinski definition) is 1. The first-order valence-electron chi connectivity index (χ1n) is 10.2. The van der Waals surface area contributed by atoms with Crippen LogP contribution in [0.1, 0.15) is 35.8 Å². The van der Waals surface area contributed by atoms with Gasteiger partial charge in [0.15, 0.2) is 5.13 Å². The fourth-order valence-corrected chi connectivity index (χ4v) is 3.90. The largest absolute Gasteiger partial charge is 0.494 e. The third kappa shape index (κ3) is 5.83. The third-order valence-electron chi connectivity index (χ3n) is 4.63. The average Bonchev–Trinajstić information content (AvgIpc) is 3.08. The quantitative estimate of drug-likeness (QED) is 0.432. The molecule has 0 spiro atoms. The molecule has 158 valence electrons. The number of carbonyl (C=O) groups is 1. The molecular weight excluding hydrogens is 396 g/mol. The SMILES string of the molecule is CCOc1ccc(-c2nc(NC(=O)CCCOc3cc(C)ccc3C)sc2C)cc1. The number of rotatable bonds is 9. The second-order valence-electron chi connectivity index (χ2n) is 7.15. The van der Waals surface area contributed by atoms with Gasteiger partial charge in [-0.2, -0.15) is 0 Å². The molecule has 2 aromatic carbocycles. The number of carbonyl (C=O) groups excluding carboxylic acids is 1. The Morgan fingerprint density at radius 2 is 1.83 bits per heavy atom. The maximum Gasteiger partial charge on any atom is 0.226 e. The Balaban J connectivity index is 1.51. The maximum absolute atomic E-state index is 12.3. The Labute approximate surface area is 182 Å². The van der Waals surface area contributed by atoms with Crippen LogP contribution in [0.4, 0.5) is 5.13 Å². The van der Waals surface area contributed by atoms with E-state index >= 15 is 0 Å². The summed E-state index contributed by atoms with van der Waals surface area (Å²) in [7, 11) is 0. The first kappa shape index (κ1) is 21.8. The summed E-state index contributed by atoms with van der Waals surface area (Å²) >= 11 is 1.49. The van der Waals surface area contributed by atoms with Gasteiger partial charge in [-0.15, -0.1) is 11.3 Å². The third-order valence-corrected chi connectivity index (χ3v) is 5.52. The summed E-state index contributed by atoms with van der Waals surface area (Å²) in [5.41, 5.74) is 4.16. The minimum Gasteiger partial charge on any atom is -0.494 e. The van der Waals surface area contributed by atoms with E-state index in [1.807, 2.05) is 64.1 Å². The van der Waals surface area contributed by atoms with Crippen molar-refractivity contribution in [3.05, 3.63) is 58.5 Å². The molecule has 0 atom stereocenters. The van der Waals surface area contributed by atoms with Crippen LogP contribution < -0.4 is 14.8 Å². The fraction of sp³-hybridized carbons (Fsp3) is 0.333. The predicted octanol–water partition coefficient (Wildman–Crippen LogP) is 5.93. The zero-order valence-electron chi connectivity index (χ0n) is 18.0. The summed E-state index contributed by atoms with van der Waals surface area (Å²) < 4.78 is 11.3. The molecule has 1 N–H and O–H groups in total. The van der Waals surface area contributed by atoms with E-state index in [1.54, 1.807) is 0 Å². The molecule has 0 saturated carbocycles. The minimum atomic E-state index is -0.0495. The number of benzene rings is 2. The Kier molecular flexibility index (Phi) is 7.46. The van der Waals surface area contributed by atoms with Gasteiger partial charge in [0, 0.05) is 16.9 Å². The summed E-state index contributed by atoms with van der Waals surface area (Å²) in [4.78, 5) is 18.0. The van der Waals surface area contributed by atoms with E-state index in [9.17, 15) is 4.79 Å². The number of nitrogens with one attached hydrogen (secondary N) is 1. The number of hydrogen-bond acceptors (Lipinski definition) is 5. The molecule has 3 rings (SSSR count). The van der Waals surface area contributed by atoms with Gasteiger partial charge in [-0.3, -0.25) is 4.79 Å². The van der Waals surface area contributed by atoms with E-state index in [0.29, 0.717) is 31.2 Å². The van der Waals surface area contributed by atoms with Crippen molar-refractivity contribution >= 4 is 22.4 Å². The number of aromatic nitrogens is 1. The molecular formula is C24H28N2O3S. The lowest BCUT2D eigenvalue weighted by molar-refractivity contribution is -0.116. The second kappa shape index (κ2) is 10.3. The molecule has 3 aromatic rings. The van der Waals surface area contributed by atoms with Crippen LogP contribution in [-0.2, 0) is 4.79 Å². The molecule has 0 saturated heterocycles. The molecule has 5 nitrogen and oxygen atoms in total. The second-order valence-corrected chi connectivity index (χ2v) is 8.35. The van der Waals surface area contributed by atoms with Crippen LogP contribution in [0.5, 0.6) is 11.5 Å². The lowest BCUT2D eigenvalue weighted by Gasteiger charge is -2.09. The minimum absolute atomic E-state index is 0.0495. The molecule has 0 unspecified atom stereocenters. The van der Waals surface area contributed by atoms with Crippen LogP contribution in [0, 0.1) is 20.8 Å². The van der Waals surface area contributed by atoms with Crippen molar-refractivity contribution < 1.29 is 14.3 Å². The predicted molar refractivity (Wildman–Crippen MR) is 123 cm³/mol. The van der Waals surface area contributed by atoms with Crippen molar-refractivity contribution in [3.63, 3.8) is 0 Å². The van der Waals surface area contributed by atoms with Crippen molar-refractivity contribution in [1.29, 1.82) is 0 Å². The van der Waals surface area contributed by atoms with E-state index in [0.717, 1.165) is 38.8 Å². The van der Waals surface area contributed by atoms with Gasteiger partial charge in [0.1, 0.15) is 11.5 Å². The van der Waals surface area contributed by atoms with Crippen molar-refractivity contribution in [2.75, 3.05) is 18.5 Å². The normalized spacial score (nSPS) is 10.7. The Morgan fingerprint density at radius 3 is 2.57 bits per heavy atom. The topological polar surface area (TPSA) is 60.5 Å². The lowest BCUT2D eigenvalue weighted by Crippen LogP contribution is -2.12. The molecule has 1 amide bonds. The van der Waals surface area contributed by atoms with Crippen LogP contribution in [-0.4, -0.2) is 24.1 Å². The van der Waals surface area contributed by atoms with E-state index in [-0.39, 0.29) is 5.91 Å². The standard InChI is InChI=1S/C24H28N2O3S/c1-5-28-20-12-10-19(11-13-20)23-18(4)30-24(26-23)25-22(27)7-6-14-29-21-15-16(2)8-9-17(21)3/h8-13,15H,5-7,14H2,1-4H3,(H,25,26,27). The molecule has 0 aliphatic heterocycles. The number of thiazole rings is 1. The molecule has 0 aliphatic carbocycles. The molecule has 0 fully saturated rings. The van der Waals surface area contributed by atoms with E-state index in [1.165, 1.54) is 11.3 Å². The van der Waals surface area contributed by atoms with Gasteiger partial charge in [0.25, 0.3) is 0 Å². The van der Waals surface area contributed by atoms with Gasteiger partial charge in [-0.1, -0.05) is 12.1 Å². The van der Waals surface area contributed by atoms with Crippen LogP contribution >= 0.6 is 11.3 Å². The molecule has 0 aliphatic rings. The summed E-state index contributed by atoms with van der Waals surface area (Å²) in [5.74, 6) is 1.67. The highest BCUT2D eigenvalue weighted by atomic mass is 32.1. The van der Waals surface area contributed by atoms with Gasteiger partial charge in [-0.25, -0.2) is 4.98 Å². The van der Waals surface area contributed by atoms with Gasteiger partial charge >= 0.3 is 0 Å². The van der Waals surface area contributed by atoms with Crippen molar-refractivity contribution in [1.82, 2.24) is 4.98 Å². The highest BCUT2D eigenvalue weighted by Gasteiger charge is 2.12. The average molecular weight is 425 g/mol. The van der Waals surface area contributed by atoms with Crippen LogP contribution in [0.2, 0.25) is 0 Å². The van der Waals surface area contributed by atoms with Crippen molar-refractivity contribution in [2.24, 2.45) is 0 Å². The molecule has 1 aromatic heterocycles. The van der Waals surface area contributed by atoms with Gasteiger partial charge < -0.3 is 14.8 Å². The Morgan fingerprint density at radius 1 is 1.07 bits per heavy atom. The van der Waals surface area contributed by atoms with Crippen molar-refractivity contribution in [3.8, 4) is 22.8 Å². The van der Waals surface area contributed by atoms with Gasteiger partial charge in [-0.05, 0) is 75.6 Å². The number of ether oxygens (including phenoxy) is 2. The molecule has 30 heavy (non-hydrogen) atoms. The number of anilines is 1. The monoisotopic (exact) mass is 424 g/mol. The van der Waals surface area contributed by atoms with E-state index in [4.69, 9.17) is 9.47 Å². The molecule has 1 heterocycles. The van der Waals surface area contributed by atoms with Gasteiger partial charge in [0.05, 0.1) is 18.9 Å². The summed E-state index contributed by atoms with van der Waals surface area (Å²) in [6.07, 6.45) is 1.04. The van der Waals surface area contributed by atoms with Crippen LogP contribution in [0.15, 0.2) is 42.5 Å². The van der Waals surface area contributed by atoms with E-state index in [2.05, 4.69) is 16.4 Å². The zero-order chi connectivity index (χ0) is 21.5. The zero-order valence-corrected chi connectivity index (χ0v) is 18.8. The smallest absolute Gasteiger partial charge is 0.226 e. The Bertz CT molecular complexity index is 996. The number of aryl methyl sites for hydroxylation is 3. The van der Waals surface area contributed by atoms with E-state index < -0.39 is 0 Å². The molecule has 0 radical (unpaired) electrons. The highest BCUT2D eigenvalue weighted by molar-refractivity contribution is 7.16. The van der Waals surface area contributed by atoms with Gasteiger partial charge in [0.2, 0.25) is 5.91 Å². The number of nitrogens with zero attached hydrogens (tertiary/aromatic N) is 1. The summed E-state index contributed by atoms with van der Waals surface area (Å²) in [5, 5.41) is 3.53. The maximum atomic E-state index is 12.3. The van der Waals surface area contributed by atoms with Crippen LogP contribution in [0.3, 0.4) is 0 Å². The first-order valence-corrected chi connectivity index (χ1v) is 11.0. The van der Waals surface area contributed by atoms with Crippen LogP contribution in [0.25, 0.3) is 11.3 Å². The first-order chi connectivity index (χ1) is 14.5. The Hall–Kier alpha value is -2.86. The van der Waals surface area contributed by atoms with Crippen molar-refractivity contribution in [2.45, 2.75) is 40.5 Å². The molecule has 6 heteroatoms. The highest BCUT2D eigenvalue weighted by Crippen LogP contribution is 2.31. The fourth-order valence-electron chi connectivity index (χ4n) is 3.05. The number of amides is 1. The lowest BCUT2D eigenvalue weighted by atomic mass is 10.1. The molecule has 0 bridgehead atoms. The summed E-state index contributed by atoms with van der Waals surface area (Å²) in [6.45, 7) is 9.18. The summed E-state index contributed by atoms with van der Waals surface area (Å²) in [6, 6.07) is 14.0.